The van der Waals surface area contributed by atoms with Crippen LogP contribution < -0.4 is 15.4 Å². The summed E-state index contributed by atoms with van der Waals surface area (Å²) in [6, 6.07) is 5.69. The lowest BCUT2D eigenvalue weighted by Crippen LogP contribution is -2.19. The highest BCUT2D eigenvalue weighted by molar-refractivity contribution is 8.18. The minimum Gasteiger partial charge on any atom is -0.492 e. The van der Waals surface area contributed by atoms with Crippen LogP contribution in [0.15, 0.2) is 34.3 Å². The van der Waals surface area contributed by atoms with Gasteiger partial charge in [0.05, 0.1) is 15.5 Å². The molecule has 158 valence electrons. The van der Waals surface area contributed by atoms with E-state index >= 15 is 0 Å². The Balaban J connectivity index is 1.68. The predicted octanol–water partition coefficient (Wildman–Crippen LogP) is 3.24. The second-order valence-electron chi connectivity index (χ2n) is 6.83. The molecule has 0 radical (unpaired) electrons. The number of anilines is 1. The van der Waals surface area contributed by atoms with Gasteiger partial charge in [0.15, 0.2) is 10.3 Å². The van der Waals surface area contributed by atoms with Gasteiger partial charge in [0.25, 0.3) is 5.91 Å². The average Bonchev–Trinajstić information content (AvgIpc) is 3.23. The summed E-state index contributed by atoms with van der Waals surface area (Å²) < 4.78 is 5.74. The molecule has 0 bridgehead atoms. The summed E-state index contributed by atoms with van der Waals surface area (Å²) in [6.45, 7) is 4.83. The summed E-state index contributed by atoms with van der Waals surface area (Å²) in [7, 11) is 4.00. The van der Waals surface area contributed by atoms with Crippen LogP contribution >= 0.6 is 23.1 Å². The van der Waals surface area contributed by atoms with Crippen molar-refractivity contribution in [2.45, 2.75) is 13.8 Å². The van der Waals surface area contributed by atoms with E-state index in [1.807, 2.05) is 39.2 Å². The maximum Gasteiger partial charge on any atom is 0.264 e. The fraction of sp³-hybridized carbons (Fsp3) is 0.300. The maximum absolute atomic E-state index is 12.3. The van der Waals surface area contributed by atoms with Gasteiger partial charge in [-0.15, -0.1) is 0 Å². The van der Waals surface area contributed by atoms with Crippen molar-refractivity contribution in [3.63, 3.8) is 0 Å². The third-order valence-corrected chi connectivity index (χ3v) is 5.70. The molecular weight excluding hydrogens is 422 g/mol. The Labute approximate surface area is 183 Å². The smallest absolute Gasteiger partial charge is 0.264 e. The number of hydrogen-bond acceptors (Lipinski definition) is 8. The topological polar surface area (TPSA) is 95.9 Å². The van der Waals surface area contributed by atoms with Crippen molar-refractivity contribution in [2.75, 3.05) is 32.6 Å². The van der Waals surface area contributed by atoms with Gasteiger partial charge in [0, 0.05) is 19.7 Å². The molecule has 1 aromatic heterocycles. The number of thiazole rings is 1. The summed E-state index contributed by atoms with van der Waals surface area (Å²) in [5.41, 5.74) is 1.73. The van der Waals surface area contributed by atoms with Gasteiger partial charge < -0.3 is 20.3 Å². The molecule has 8 nitrogen and oxygen atoms in total. The van der Waals surface area contributed by atoms with Crippen molar-refractivity contribution < 1.29 is 14.3 Å². The molecule has 1 fully saturated rings. The van der Waals surface area contributed by atoms with Gasteiger partial charge in [-0.3, -0.25) is 9.59 Å². The van der Waals surface area contributed by atoms with Gasteiger partial charge in [0.2, 0.25) is 5.91 Å². The molecular formula is C20H23N5O3S2. The van der Waals surface area contributed by atoms with Crippen LogP contribution in [0.2, 0.25) is 0 Å². The predicted molar refractivity (Wildman–Crippen MR) is 122 cm³/mol. The second-order valence-corrected chi connectivity index (χ2v) is 8.92. The van der Waals surface area contributed by atoms with E-state index in [2.05, 4.69) is 25.5 Å². The van der Waals surface area contributed by atoms with Crippen LogP contribution in [-0.4, -0.2) is 54.1 Å². The van der Waals surface area contributed by atoms with E-state index in [1.54, 1.807) is 12.3 Å². The van der Waals surface area contributed by atoms with E-state index in [4.69, 9.17) is 4.74 Å². The van der Waals surface area contributed by atoms with Gasteiger partial charge in [-0.25, -0.2) is 9.98 Å². The highest BCUT2D eigenvalue weighted by atomic mass is 32.2. The maximum atomic E-state index is 12.3. The quantitative estimate of drug-likeness (QED) is 0.635. The number of likely N-dealkylation sites (N-methyl/N-ethyl adjacent to an activating group) is 1. The molecule has 30 heavy (non-hydrogen) atoms. The number of aliphatic imine (C=N–C) groups is 1. The first-order valence-corrected chi connectivity index (χ1v) is 10.8. The van der Waals surface area contributed by atoms with E-state index in [-0.39, 0.29) is 11.8 Å². The number of aryl methyl sites for hydroxylation is 1. The number of hydrogen-bond donors (Lipinski definition) is 2. The Bertz CT molecular complexity index is 1010. The number of rotatable bonds is 7. The van der Waals surface area contributed by atoms with Crippen molar-refractivity contribution in [1.29, 1.82) is 0 Å². The first kappa shape index (κ1) is 22.0. The lowest BCUT2D eigenvalue weighted by Gasteiger charge is -2.12. The number of nitrogens with one attached hydrogen (secondary N) is 2. The van der Waals surface area contributed by atoms with Crippen molar-refractivity contribution >= 4 is 57.0 Å². The number of ether oxygens (including phenoxy) is 1. The van der Waals surface area contributed by atoms with Crippen LogP contribution in [0.5, 0.6) is 5.75 Å². The highest BCUT2D eigenvalue weighted by Crippen LogP contribution is 2.31. The molecule has 0 aliphatic carbocycles. The number of nitrogens with zero attached hydrogens (tertiary/aromatic N) is 3. The van der Waals surface area contributed by atoms with E-state index in [0.717, 1.165) is 28.4 Å². The summed E-state index contributed by atoms with van der Waals surface area (Å²) in [5, 5.41) is 6.42. The summed E-state index contributed by atoms with van der Waals surface area (Å²) in [5.74, 6) is 0.395. The minimum absolute atomic E-state index is 0.185. The largest absolute Gasteiger partial charge is 0.492 e. The number of amidine groups is 1. The van der Waals surface area contributed by atoms with Crippen molar-refractivity contribution in [1.82, 2.24) is 15.2 Å². The molecule has 1 aromatic carbocycles. The molecule has 10 heteroatoms. The number of carbonyl (C=O) groups excluding carboxylic acids is 2. The van der Waals surface area contributed by atoms with Crippen LogP contribution in [0.1, 0.15) is 17.4 Å². The Morgan fingerprint density at radius 1 is 1.40 bits per heavy atom. The zero-order chi connectivity index (χ0) is 21.7. The van der Waals surface area contributed by atoms with Crippen molar-refractivity contribution in [3.05, 3.63) is 39.7 Å². The molecule has 0 spiro atoms. The first-order valence-electron chi connectivity index (χ1n) is 9.21. The van der Waals surface area contributed by atoms with Crippen LogP contribution in [-0.2, 0) is 9.59 Å². The third kappa shape index (κ3) is 6.15. The van der Waals surface area contributed by atoms with E-state index in [9.17, 15) is 9.59 Å². The number of benzene rings is 1. The lowest BCUT2D eigenvalue weighted by atomic mass is 10.2. The molecule has 2 N–H and O–H groups in total. The molecule has 2 amide bonds. The Morgan fingerprint density at radius 2 is 2.20 bits per heavy atom. The number of thioether (sulfide) groups is 1. The van der Waals surface area contributed by atoms with Gasteiger partial charge in [-0.2, -0.15) is 0 Å². The van der Waals surface area contributed by atoms with Gasteiger partial charge in [-0.05, 0) is 62.6 Å². The second kappa shape index (κ2) is 9.88. The molecule has 3 rings (SSSR count). The molecule has 2 aromatic rings. The van der Waals surface area contributed by atoms with E-state index in [1.165, 1.54) is 30.0 Å². The Morgan fingerprint density at radius 3 is 2.90 bits per heavy atom. The van der Waals surface area contributed by atoms with Crippen LogP contribution in [0, 0.1) is 6.92 Å². The monoisotopic (exact) mass is 445 g/mol. The summed E-state index contributed by atoms with van der Waals surface area (Å²) in [4.78, 5) is 35.4. The molecule has 0 atom stereocenters. The van der Waals surface area contributed by atoms with Gasteiger partial charge >= 0.3 is 0 Å². The van der Waals surface area contributed by atoms with Crippen molar-refractivity contribution in [2.24, 2.45) is 4.99 Å². The van der Waals surface area contributed by atoms with Crippen LogP contribution in [0.3, 0.4) is 0 Å². The van der Waals surface area contributed by atoms with Gasteiger partial charge in [0.1, 0.15) is 12.4 Å². The molecule has 1 aliphatic heterocycles. The van der Waals surface area contributed by atoms with E-state index < -0.39 is 0 Å². The fourth-order valence-electron chi connectivity index (χ4n) is 2.47. The Hall–Kier alpha value is -2.69. The highest BCUT2D eigenvalue weighted by Gasteiger charge is 2.24. The standard InChI is InChI=1S/C20H23N5O3S2/c1-12-9-14(28-8-7-25(3)4)5-6-16(12)23-20-24-18(27)17(30-20)10-15-11-21-19(29-15)22-13(2)26/h5-6,9-11H,7-8H2,1-4H3,(H,21,22,26)(H,23,24,27)/b17-10-. The molecule has 0 unspecified atom stereocenters. The summed E-state index contributed by atoms with van der Waals surface area (Å²) >= 11 is 2.56. The molecule has 0 saturated carbocycles. The molecule has 1 saturated heterocycles. The molecule has 2 heterocycles. The van der Waals surface area contributed by atoms with E-state index in [0.29, 0.717) is 21.8 Å². The third-order valence-electron chi connectivity index (χ3n) is 3.93. The average molecular weight is 446 g/mol. The molecule has 1 aliphatic rings. The van der Waals surface area contributed by atoms with Crippen molar-refractivity contribution in [3.8, 4) is 5.75 Å². The fourth-order valence-corrected chi connectivity index (χ4v) is 4.18. The lowest BCUT2D eigenvalue weighted by molar-refractivity contribution is -0.115. The SMILES string of the molecule is CC(=O)Nc1ncc(/C=C2\SC(=Nc3ccc(OCCN(C)C)cc3C)NC2=O)s1. The Kier molecular flexibility index (Phi) is 7.24. The van der Waals surface area contributed by atoms with Crippen LogP contribution in [0.25, 0.3) is 6.08 Å². The normalized spacial score (nSPS) is 16.4. The summed E-state index contributed by atoms with van der Waals surface area (Å²) in [6.07, 6.45) is 3.35. The number of carbonyl (C=O) groups is 2. The zero-order valence-corrected chi connectivity index (χ0v) is 18.8. The zero-order valence-electron chi connectivity index (χ0n) is 17.2. The number of aromatic nitrogens is 1. The van der Waals surface area contributed by atoms with Crippen LogP contribution in [0.4, 0.5) is 10.8 Å². The van der Waals surface area contributed by atoms with Gasteiger partial charge in [-0.1, -0.05) is 11.3 Å². The number of amides is 2. The minimum atomic E-state index is -0.213. The first-order chi connectivity index (χ1) is 14.3.